The minimum atomic E-state index is -0.563. The number of aryl methyl sites for hydroxylation is 1. The van der Waals surface area contributed by atoms with Gasteiger partial charge >= 0.3 is 0 Å². The van der Waals surface area contributed by atoms with Crippen molar-refractivity contribution in [2.75, 3.05) is 12.1 Å². The molecule has 1 atom stereocenters. The van der Waals surface area contributed by atoms with Crippen LogP contribution in [0.4, 0.5) is 10.1 Å². The van der Waals surface area contributed by atoms with Gasteiger partial charge in [0.25, 0.3) is 0 Å². The van der Waals surface area contributed by atoms with E-state index in [-0.39, 0.29) is 24.4 Å². The summed E-state index contributed by atoms with van der Waals surface area (Å²) >= 11 is 0. The number of carbonyl (C=O) groups excluding carboxylic acids is 2. The van der Waals surface area contributed by atoms with E-state index < -0.39 is 6.04 Å². The molecule has 2 aliphatic rings. The lowest BCUT2D eigenvalue weighted by atomic mass is 10.1. The predicted molar refractivity (Wildman–Crippen MR) is 95.9 cm³/mol. The molecule has 0 aliphatic carbocycles. The lowest BCUT2D eigenvalue weighted by Gasteiger charge is -2.24. The van der Waals surface area contributed by atoms with E-state index in [1.807, 2.05) is 12.1 Å². The van der Waals surface area contributed by atoms with Gasteiger partial charge in [0.15, 0.2) is 11.5 Å². The van der Waals surface area contributed by atoms with Crippen LogP contribution >= 0.6 is 0 Å². The molecule has 2 aromatic carbocycles. The third kappa shape index (κ3) is 3.45. The van der Waals surface area contributed by atoms with E-state index in [4.69, 9.17) is 9.47 Å². The fourth-order valence-electron chi connectivity index (χ4n) is 3.42. The highest BCUT2D eigenvalue weighted by Crippen LogP contribution is 2.33. The van der Waals surface area contributed by atoms with Gasteiger partial charge in [-0.25, -0.2) is 4.39 Å². The predicted octanol–water partition coefficient (Wildman–Crippen LogP) is 2.99. The second-order valence-corrected chi connectivity index (χ2v) is 6.71. The molecular formula is C20H19FN2O4. The molecule has 140 valence electrons. The Balaban J connectivity index is 1.50. The van der Waals surface area contributed by atoms with Crippen molar-refractivity contribution in [3.8, 4) is 11.5 Å². The standard InChI is InChI=1S/C20H19FN2O4/c1-12-8-14(21)3-4-15(12)22-20(25)16-5-7-19(24)23(16)10-13-2-6-17-18(9-13)27-11-26-17/h2-4,6,8-9,16H,5,7,10-11H2,1H3,(H,22,25). The SMILES string of the molecule is Cc1cc(F)ccc1NC(=O)C1CCC(=O)N1Cc1ccc2c(c1)OCO2. The molecule has 2 aromatic rings. The van der Waals surface area contributed by atoms with Crippen LogP contribution in [0.3, 0.4) is 0 Å². The molecule has 0 aromatic heterocycles. The van der Waals surface area contributed by atoms with Crippen LogP contribution in [0.2, 0.25) is 0 Å². The number of fused-ring (bicyclic) bond motifs is 1. The zero-order chi connectivity index (χ0) is 19.0. The Morgan fingerprint density at radius 2 is 2.04 bits per heavy atom. The number of carbonyl (C=O) groups is 2. The molecule has 2 aliphatic heterocycles. The number of hydrogen-bond donors (Lipinski definition) is 1. The number of nitrogens with zero attached hydrogens (tertiary/aromatic N) is 1. The van der Waals surface area contributed by atoms with Gasteiger partial charge in [0.05, 0.1) is 0 Å². The van der Waals surface area contributed by atoms with Gasteiger partial charge in [-0.15, -0.1) is 0 Å². The highest BCUT2D eigenvalue weighted by Gasteiger charge is 2.36. The summed E-state index contributed by atoms with van der Waals surface area (Å²) in [7, 11) is 0. The molecule has 1 unspecified atom stereocenters. The summed E-state index contributed by atoms with van der Waals surface area (Å²) in [5.41, 5.74) is 2.05. The topological polar surface area (TPSA) is 67.9 Å². The molecule has 6 nitrogen and oxygen atoms in total. The van der Waals surface area contributed by atoms with E-state index in [1.54, 1.807) is 17.9 Å². The average molecular weight is 370 g/mol. The molecular weight excluding hydrogens is 351 g/mol. The Labute approximate surface area is 155 Å². The molecule has 1 N–H and O–H groups in total. The lowest BCUT2D eigenvalue weighted by Crippen LogP contribution is -2.41. The number of likely N-dealkylation sites (tertiary alicyclic amines) is 1. The minimum Gasteiger partial charge on any atom is -0.454 e. The van der Waals surface area contributed by atoms with E-state index in [0.29, 0.717) is 42.1 Å². The first kappa shape index (κ1) is 17.3. The van der Waals surface area contributed by atoms with E-state index in [2.05, 4.69) is 5.32 Å². The van der Waals surface area contributed by atoms with Crippen LogP contribution in [0.25, 0.3) is 0 Å². The minimum absolute atomic E-state index is 0.0661. The van der Waals surface area contributed by atoms with Crippen LogP contribution in [0.15, 0.2) is 36.4 Å². The molecule has 7 heteroatoms. The summed E-state index contributed by atoms with van der Waals surface area (Å²) < 4.78 is 23.9. The first-order valence-electron chi connectivity index (χ1n) is 8.76. The summed E-state index contributed by atoms with van der Waals surface area (Å²) in [5.74, 6) is 0.626. The van der Waals surface area contributed by atoms with Crippen LogP contribution in [0.5, 0.6) is 11.5 Å². The number of anilines is 1. The Morgan fingerprint density at radius 1 is 1.22 bits per heavy atom. The van der Waals surface area contributed by atoms with Crippen molar-refractivity contribution in [1.82, 2.24) is 4.90 Å². The average Bonchev–Trinajstić information content (AvgIpc) is 3.24. The quantitative estimate of drug-likeness (QED) is 0.898. The van der Waals surface area contributed by atoms with Crippen molar-refractivity contribution < 1.29 is 23.5 Å². The van der Waals surface area contributed by atoms with Gasteiger partial charge in [-0.3, -0.25) is 9.59 Å². The molecule has 0 radical (unpaired) electrons. The second-order valence-electron chi connectivity index (χ2n) is 6.71. The van der Waals surface area contributed by atoms with Crippen LogP contribution in [0.1, 0.15) is 24.0 Å². The smallest absolute Gasteiger partial charge is 0.247 e. The van der Waals surface area contributed by atoms with Crippen molar-refractivity contribution in [3.05, 3.63) is 53.3 Å². The monoisotopic (exact) mass is 370 g/mol. The normalized spacial score (nSPS) is 18.1. The van der Waals surface area contributed by atoms with Crippen LogP contribution in [-0.2, 0) is 16.1 Å². The molecule has 4 rings (SSSR count). The van der Waals surface area contributed by atoms with E-state index in [9.17, 15) is 14.0 Å². The van der Waals surface area contributed by atoms with Crippen molar-refractivity contribution in [1.29, 1.82) is 0 Å². The van der Waals surface area contributed by atoms with Gasteiger partial charge in [0.1, 0.15) is 11.9 Å². The maximum absolute atomic E-state index is 13.3. The third-order valence-corrected chi connectivity index (χ3v) is 4.87. The Kier molecular flexibility index (Phi) is 4.43. The summed E-state index contributed by atoms with van der Waals surface area (Å²) in [4.78, 5) is 26.6. The lowest BCUT2D eigenvalue weighted by molar-refractivity contribution is -0.133. The van der Waals surface area contributed by atoms with Crippen LogP contribution in [-0.4, -0.2) is 29.5 Å². The number of rotatable bonds is 4. The number of hydrogen-bond acceptors (Lipinski definition) is 4. The van der Waals surface area contributed by atoms with Crippen molar-refractivity contribution in [2.45, 2.75) is 32.4 Å². The third-order valence-electron chi connectivity index (χ3n) is 4.87. The summed E-state index contributed by atoms with van der Waals surface area (Å²) in [6.07, 6.45) is 0.778. The fraction of sp³-hybridized carbons (Fsp3) is 0.300. The van der Waals surface area contributed by atoms with Gasteiger partial charge in [-0.2, -0.15) is 0 Å². The van der Waals surface area contributed by atoms with Gasteiger partial charge in [0.2, 0.25) is 18.6 Å². The van der Waals surface area contributed by atoms with E-state index in [1.165, 1.54) is 18.2 Å². The molecule has 0 spiro atoms. The number of benzene rings is 2. The number of nitrogens with one attached hydrogen (secondary N) is 1. The molecule has 2 heterocycles. The first-order valence-corrected chi connectivity index (χ1v) is 8.76. The number of amides is 2. The van der Waals surface area contributed by atoms with Crippen molar-refractivity contribution in [2.24, 2.45) is 0 Å². The second kappa shape index (κ2) is 6.90. The van der Waals surface area contributed by atoms with Crippen molar-refractivity contribution >= 4 is 17.5 Å². The van der Waals surface area contributed by atoms with Gasteiger partial charge in [0, 0.05) is 18.7 Å². The number of halogens is 1. The number of ether oxygens (including phenoxy) is 2. The molecule has 0 bridgehead atoms. The van der Waals surface area contributed by atoms with Crippen LogP contribution in [0, 0.1) is 12.7 Å². The van der Waals surface area contributed by atoms with Gasteiger partial charge in [-0.05, 0) is 54.8 Å². The highest BCUT2D eigenvalue weighted by atomic mass is 19.1. The van der Waals surface area contributed by atoms with E-state index in [0.717, 1.165) is 5.56 Å². The summed E-state index contributed by atoms with van der Waals surface area (Å²) in [6.45, 7) is 2.22. The molecule has 1 fully saturated rings. The zero-order valence-electron chi connectivity index (χ0n) is 14.8. The summed E-state index contributed by atoms with van der Waals surface area (Å²) in [6, 6.07) is 9.11. The largest absolute Gasteiger partial charge is 0.454 e. The highest BCUT2D eigenvalue weighted by molar-refractivity contribution is 5.99. The van der Waals surface area contributed by atoms with Crippen LogP contribution < -0.4 is 14.8 Å². The molecule has 0 saturated carbocycles. The Morgan fingerprint density at radius 3 is 2.85 bits per heavy atom. The van der Waals surface area contributed by atoms with Gasteiger partial charge < -0.3 is 19.7 Å². The fourth-order valence-corrected chi connectivity index (χ4v) is 3.42. The maximum atomic E-state index is 13.3. The Bertz CT molecular complexity index is 915. The zero-order valence-corrected chi connectivity index (χ0v) is 14.8. The molecule has 2 amide bonds. The summed E-state index contributed by atoms with van der Waals surface area (Å²) in [5, 5.41) is 2.81. The Hall–Kier alpha value is -3.09. The van der Waals surface area contributed by atoms with Crippen molar-refractivity contribution in [3.63, 3.8) is 0 Å². The molecule has 1 saturated heterocycles. The molecule has 27 heavy (non-hydrogen) atoms. The maximum Gasteiger partial charge on any atom is 0.247 e. The van der Waals surface area contributed by atoms with E-state index >= 15 is 0 Å². The van der Waals surface area contributed by atoms with Gasteiger partial charge in [-0.1, -0.05) is 6.07 Å². The first-order chi connectivity index (χ1) is 13.0.